The van der Waals surface area contributed by atoms with E-state index in [2.05, 4.69) is 16.9 Å². The highest BCUT2D eigenvalue weighted by molar-refractivity contribution is 5.93. The monoisotopic (exact) mass is 272 g/mol. The second-order valence-corrected chi connectivity index (χ2v) is 4.78. The van der Waals surface area contributed by atoms with Gasteiger partial charge in [0.2, 0.25) is 0 Å². The summed E-state index contributed by atoms with van der Waals surface area (Å²) in [5.41, 5.74) is 9.30. The van der Waals surface area contributed by atoms with E-state index in [9.17, 15) is 9.90 Å². The Hall–Kier alpha value is -2.63. The first kappa shape index (κ1) is 13.8. The van der Waals surface area contributed by atoms with Crippen LogP contribution in [0.15, 0.2) is 30.4 Å². The van der Waals surface area contributed by atoms with Crippen LogP contribution in [0.25, 0.3) is 11.3 Å². The number of nitrogens with two attached hydrogens (primary N) is 1. The minimum absolute atomic E-state index is 0.0884. The molecular weight excluding hydrogens is 256 g/mol. The zero-order chi connectivity index (χ0) is 14.9. The number of hydrogen-bond donors (Lipinski definition) is 2. The highest BCUT2D eigenvalue weighted by atomic mass is 16.4. The smallest absolute Gasteiger partial charge is 0.358 e. The average molecular weight is 272 g/mol. The summed E-state index contributed by atoms with van der Waals surface area (Å²) in [5.74, 6) is -1.12. The third kappa shape index (κ3) is 2.54. The maximum absolute atomic E-state index is 11.3. The van der Waals surface area contributed by atoms with Gasteiger partial charge in [0.05, 0.1) is 6.54 Å². The zero-order valence-electron chi connectivity index (χ0n) is 11.4. The SMILES string of the molecule is C=C(C)Cn1nnc(C(=O)O)c1-c1ccc(C)c(N)c1. The first-order chi connectivity index (χ1) is 9.40. The number of carboxylic acids is 1. The lowest BCUT2D eigenvalue weighted by Gasteiger charge is -2.09. The van der Waals surface area contributed by atoms with Gasteiger partial charge in [-0.05, 0) is 25.5 Å². The van der Waals surface area contributed by atoms with Gasteiger partial charge in [0, 0.05) is 11.3 Å². The van der Waals surface area contributed by atoms with Crippen LogP contribution in [0, 0.1) is 6.92 Å². The Bertz CT molecular complexity index is 688. The second-order valence-electron chi connectivity index (χ2n) is 4.78. The van der Waals surface area contributed by atoms with Gasteiger partial charge in [-0.2, -0.15) is 0 Å². The molecule has 0 aliphatic heterocycles. The molecule has 1 aromatic carbocycles. The van der Waals surface area contributed by atoms with Gasteiger partial charge in [-0.3, -0.25) is 0 Å². The summed E-state index contributed by atoms with van der Waals surface area (Å²) in [6, 6.07) is 5.38. The van der Waals surface area contributed by atoms with Crippen LogP contribution in [0.4, 0.5) is 5.69 Å². The van der Waals surface area contributed by atoms with Crippen LogP contribution >= 0.6 is 0 Å². The largest absolute Gasteiger partial charge is 0.476 e. The quantitative estimate of drug-likeness (QED) is 0.656. The third-order valence-electron chi connectivity index (χ3n) is 2.91. The molecule has 6 nitrogen and oxygen atoms in total. The second kappa shape index (κ2) is 5.16. The average Bonchev–Trinajstić information content (AvgIpc) is 2.75. The molecule has 0 bridgehead atoms. The number of anilines is 1. The van der Waals surface area contributed by atoms with E-state index in [0.29, 0.717) is 23.5 Å². The minimum Gasteiger partial charge on any atom is -0.476 e. The molecule has 0 atom stereocenters. The van der Waals surface area contributed by atoms with E-state index in [-0.39, 0.29) is 5.69 Å². The van der Waals surface area contributed by atoms with E-state index in [1.54, 1.807) is 6.07 Å². The van der Waals surface area contributed by atoms with Crippen LogP contribution in [0.5, 0.6) is 0 Å². The molecule has 2 rings (SSSR count). The van der Waals surface area contributed by atoms with Gasteiger partial charge in [0.1, 0.15) is 5.69 Å². The number of aromatic carboxylic acids is 1. The number of aromatic nitrogens is 3. The van der Waals surface area contributed by atoms with E-state index in [1.165, 1.54) is 4.68 Å². The summed E-state index contributed by atoms with van der Waals surface area (Å²) in [7, 11) is 0. The van der Waals surface area contributed by atoms with Crippen LogP contribution in [0.1, 0.15) is 23.0 Å². The topological polar surface area (TPSA) is 94.0 Å². The van der Waals surface area contributed by atoms with Gasteiger partial charge in [0.25, 0.3) is 0 Å². The van der Waals surface area contributed by atoms with Gasteiger partial charge in [-0.1, -0.05) is 29.5 Å². The molecule has 0 saturated heterocycles. The Morgan fingerprint density at radius 3 is 2.75 bits per heavy atom. The molecule has 0 unspecified atom stereocenters. The number of carbonyl (C=O) groups is 1. The number of allylic oxidation sites excluding steroid dienone is 1. The number of rotatable bonds is 4. The van der Waals surface area contributed by atoms with Crippen LogP contribution in [-0.2, 0) is 6.54 Å². The predicted molar refractivity (Wildman–Crippen MR) is 76.4 cm³/mol. The normalized spacial score (nSPS) is 10.5. The van der Waals surface area contributed by atoms with E-state index in [4.69, 9.17) is 5.73 Å². The molecule has 0 saturated carbocycles. The fourth-order valence-electron chi connectivity index (χ4n) is 1.90. The molecule has 0 amide bonds. The maximum Gasteiger partial charge on any atom is 0.358 e. The Kier molecular flexibility index (Phi) is 3.56. The van der Waals surface area contributed by atoms with Crippen LogP contribution < -0.4 is 5.73 Å². The van der Waals surface area contributed by atoms with E-state index in [0.717, 1.165) is 11.1 Å². The van der Waals surface area contributed by atoms with Crippen molar-refractivity contribution in [2.24, 2.45) is 0 Å². The Morgan fingerprint density at radius 1 is 1.50 bits per heavy atom. The fraction of sp³-hybridized carbons (Fsp3) is 0.214. The van der Waals surface area contributed by atoms with E-state index < -0.39 is 5.97 Å². The van der Waals surface area contributed by atoms with Crippen molar-refractivity contribution in [3.63, 3.8) is 0 Å². The lowest BCUT2D eigenvalue weighted by Crippen LogP contribution is -2.06. The highest BCUT2D eigenvalue weighted by Crippen LogP contribution is 2.26. The molecule has 0 aliphatic carbocycles. The van der Waals surface area contributed by atoms with Crippen molar-refractivity contribution in [2.45, 2.75) is 20.4 Å². The molecule has 2 aromatic rings. The summed E-state index contributed by atoms with van der Waals surface area (Å²) < 4.78 is 1.52. The summed E-state index contributed by atoms with van der Waals surface area (Å²) >= 11 is 0. The molecule has 0 fully saturated rings. The van der Waals surface area contributed by atoms with Crippen molar-refractivity contribution in [3.8, 4) is 11.3 Å². The standard InChI is InChI=1S/C14H16N4O2/c1-8(2)7-18-13(12(14(19)20)16-17-18)10-5-4-9(3)11(15)6-10/h4-6H,1,7,15H2,2-3H3,(H,19,20). The van der Waals surface area contributed by atoms with Crippen molar-refractivity contribution in [1.29, 1.82) is 0 Å². The molecular formula is C14H16N4O2. The first-order valence-corrected chi connectivity index (χ1v) is 6.07. The molecule has 1 heterocycles. The van der Waals surface area contributed by atoms with Gasteiger partial charge < -0.3 is 10.8 Å². The molecule has 20 heavy (non-hydrogen) atoms. The Morgan fingerprint density at radius 2 is 2.20 bits per heavy atom. The van der Waals surface area contributed by atoms with Crippen molar-refractivity contribution in [2.75, 3.05) is 5.73 Å². The summed E-state index contributed by atoms with van der Waals surface area (Å²) in [6.45, 7) is 7.95. The number of nitrogens with zero attached hydrogens (tertiary/aromatic N) is 3. The lowest BCUT2D eigenvalue weighted by molar-refractivity contribution is 0.0691. The van der Waals surface area contributed by atoms with Gasteiger partial charge in [-0.15, -0.1) is 5.10 Å². The van der Waals surface area contributed by atoms with Gasteiger partial charge in [-0.25, -0.2) is 9.48 Å². The first-order valence-electron chi connectivity index (χ1n) is 6.07. The number of carboxylic acid groups (broad SMARTS) is 1. The minimum atomic E-state index is -1.12. The Balaban J connectivity index is 2.62. The zero-order valence-corrected chi connectivity index (χ0v) is 11.4. The summed E-state index contributed by atoms with van der Waals surface area (Å²) in [5, 5.41) is 16.8. The summed E-state index contributed by atoms with van der Waals surface area (Å²) in [4.78, 5) is 11.3. The number of aryl methyl sites for hydroxylation is 1. The predicted octanol–water partition coefficient (Wildman–Crippen LogP) is 2.11. The van der Waals surface area contributed by atoms with Gasteiger partial charge in [0.15, 0.2) is 5.69 Å². The number of nitrogen functional groups attached to an aromatic ring is 1. The number of hydrogen-bond acceptors (Lipinski definition) is 4. The number of benzene rings is 1. The highest BCUT2D eigenvalue weighted by Gasteiger charge is 2.20. The third-order valence-corrected chi connectivity index (χ3v) is 2.91. The molecule has 0 aliphatic rings. The van der Waals surface area contributed by atoms with Crippen LogP contribution in [0.2, 0.25) is 0 Å². The van der Waals surface area contributed by atoms with Crippen molar-refractivity contribution < 1.29 is 9.90 Å². The van der Waals surface area contributed by atoms with E-state index in [1.807, 2.05) is 26.0 Å². The van der Waals surface area contributed by atoms with Crippen LogP contribution in [0.3, 0.4) is 0 Å². The van der Waals surface area contributed by atoms with Crippen LogP contribution in [-0.4, -0.2) is 26.1 Å². The lowest BCUT2D eigenvalue weighted by atomic mass is 10.1. The fourth-order valence-corrected chi connectivity index (χ4v) is 1.90. The molecule has 3 N–H and O–H groups in total. The molecule has 0 radical (unpaired) electrons. The molecule has 0 spiro atoms. The molecule has 104 valence electrons. The van der Waals surface area contributed by atoms with Crippen molar-refractivity contribution in [3.05, 3.63) is 41.6 Å². The Labute approximate surface area is 116 Å². The van der Waals surface area contributed by atoms with Gasteiger partial charge >= 0.3 is 5.97 Å². The molecule has 6 heteroatoms. The maximum atomic E-state index is 11.3. The molecule has 1 aromatic heterocycles. The van der Waals surface area contributed by atoms with Crippen molar-refractivity contribution in [1.82, 2.24) is 15.0 Å². The van der Waals surface area contributed by atoms with Crippen molar-refractivity contribution >= 4 is 11.7 Å². The van der Waals surface area contributed by atoms with E-state index >= 15 is 0 Å². The summed E-state index contributed by atoms with van der Waals surface area (Å²) in [6.07, 6.45) is 0.